The number of hydrogen-bond donors (Lipinski definition) is 2. The largest absolute Gasteiger partial charge is 0.505 e. The summed E-state index contributed by atoms with van der Waals surface area (Å²) >= 11 is 11.8. The van der Waals surface area contributed by atoms with Crippen LogP contribution in [0.5, 0.6) is 17.2 Å². The van der Waals surface area contributed by atoms with Gasteiger partial charge in [0.1, 0.15) is 11.5 Å². The van der Waals surface area contributed by atoms with Crippen LogP contribution in [-0.2, 0) is 6.54 Å². The Morgan fingerprint density at radius 1 is 0.833 bits per heavy atom. The molecule has 3 nitrogen and oxygen atoms in total. The normalized spacial score (nSPS) is 10.4. The summed E-state index contributed by atoms with van der Waals surface area (Å²) in [5, 5.41) is 13.3. The molecule has 2 N–H and O–H groups in total. The van der Waals surface area contributed by atoms with Crippen LogP contribution in [0, 0.1) is 0 Å². The van der Waals surface area contributed by atoms with Gasteiger partial charge in [0.15, 0.2) is 5.75 Å². The minimum Gasteiger partial charge on any atom is -0.505 e. The molecule has 3 aromatic rings. The fourth-order valence-electron chi connectivity index (χ4n) is 2.19. The molecule has 3 rings (SSSR count). The summed E-state index contributed by atoms with van der Waals surface area (Å²) in [5.74, 6) is 1.47. The molecule has 0 aliphatic carbocycles. The number of anilines is 1. The Bertz CT molecular complexity index is 798. The highest BCUT2D eigenvalue weighted by molar-refractivity contribution is 6.37. The molecule has 0 saturated carbocycles. The molecule has 0 heterocycles. The highest BCUT2D eigenvalue weighted by Gasteiger charge is 2.06. The van der Waals surface area contributed by atoms with Crippen molar-refractivity contribution in [2.45, 2.75) is 6.54 Å². The number of nitrogens with one attached hydrogen (secondary N) is 1. The first kappa shape index (κ1) is 16.5. The monoisotopic (exact) mass is 359 g/mol. The zero-order chi connectivity index (χ0) is 16.9. The van der Waals surface area contributed by atoms with Gasteiger partial charge in [-0.15, -0.1) is 0 Å². The average molecular weight is 360 g/mol. The number of phenolic OH excluding ortho intramolecular Hbond substituents is 1. The van der Waals surface area contributed by atoms with Crippen molar-refractivity contribution in [1.29, 1.82) is 0 Å². The van der Waals surface area contributed by atoms with Gasteiger partial charge in [0.25, 0.3) is 0 Å². The summed E-state index contributed by atoms with van der Waals surface area (Å²) in [6.45, 7) is 0.540. The Hall–Kier alpha value is -2.36. The molecule has 0 aromatic heterocycles. The van der Waals surface area contributed by atoms with Crippen molar-refractivity contribution in [3.05, 3.63) is 82.3 Å². The van der Waals surface area contributed by atoms with E-state index in [1.54, 1.807) is 12.1 Å². The van der Waals surface area contributed by atoms with Gasteiger partial charge in [0.2, 0.25) is 0 Å². The van der Waals surface area contributed by atoms with E-state index >= 15 is 0 Å². The number of para-hydroxylation sites is 1. The molecule has 24 heavy (non-hydrogen) atoms. The Morgan fingerprint density at radius 2 is 1.42 bits per heavy atom. The third-order valence-corrected chi connectivity index (χ3v) is 3.98. The first-order valence-corrected chi connectivity index (χ1v) is 8.11. The predicted octanol–water partition coefficient (Wildman–Crippen LogP) is 6.10. The number of ether oxygens (including phenoxy) is 1. The number of aromatic hydroxyl groups is 1. The van der Waals surface area contributed by atoms with Gasteiger partial charge >= 0.3 is 0 Å². The third kappa shape index (κ3) is 4.13. The maximum absolute atomic E-state index is 9.57. The minimum atomic E-state index is -0.0931. The lowest BCUT2D eigenvalue weighted by Gasteiger charge is -2.10. The van der Waals surface area contributed by atoms with Crippen LogP contribution < -0.4 is 10.1 Å². The van der Waals surface area contributed by atoms with Crippen LogP contribution in [0.1, 0.15) is 5.56 Å². The van der Waals surface area contributed by atoms with Crippen LogP contribution in [0.15, 0.2) is 66.7 Å². The lowest BCUT2D eigenvalue weighted by Crippen LogP contribution is -1.99. The van der Waals surface area contributed by atoms with Crippen LogP contribution in [-0.4, -0.2) is 5.11 Å². The topological polar surface area (TPSA) is 41.5 Å². The summed E-state index contributed by atoms with van der Waals surface area (Å²) in [6.07, 6.45) is 0. The summed E-state index contributed by atoms with van der Waals surface area (Å²) < 4.78 is 5.75. The first-order valence-electron chi connectivity index (χ1n) is 7.35. The van der Waals surface area contributed by atoms with E-state index in [1.807, 2.05) is 54.6 Å². The van der Waals surface area contributed by atoms with E-state index in [9.17, 15) is 5.11 Å². The lowest BCUT2D eigenvalue weighted by molar-refractivity contribution is 0.475. The van der Waals surface area contributed by atoms with E-state index in [1.165, 1.54) is 0 Å². The summed E-state index contributed by atoms with van der Waals surface area (Å²) in [7, 11) is 0. The zero-order valence-electron chi connectivity index (χ0n) is 12.7. The number of halogens is 2. The third-order valence-electron chi connectivity index (χ3n) is 3.41. The van der Waals surface area contributed by atoms with Crippen molar-refractivity contribution in [3.63, 3.8) is 0 Å². The number of hydrogen-bond acceptors (Lipinski definition) is 3. The van der Waals surface area contributed by atoms with Gasteiger partial charge in [-0.25, -0.2) is 0 Å². The first-order chi connectivity index (χ1) is 11.6. The number of benzene rings is 3. The van der Waals surface area contributed by atoms with Gasteiger partial charge in [-0.05, 0) is 54.1 Å². The highest BCUT2D eigenvalue weighted by atomic mass is 35.5. The van der Waals surface area contributed by atoms with Crippen molar-refractivity contribution < 1.29 is 9.84 Å². The molecule has 0 fully saturated rings. The van der Waals surface area contributed by atoms with E-state index in [0.717, 1.165) is 22.7 Å². The van der Waals surface area contributed by atoms with Gasteiger partial charge in [0, 0.05) is 12.2 Å². The summed E-state index contributed by atoms with van der Waals surface area (Å²) in [6, 6.07) is 20.6. The zero-order valence-corrected chi connectivity index (χ0v) is 14.2. The molecular weight excluding hydrogens is 345 g/mol. The van der Waals surface area contributed by atoms with Crippen molar-refractivity contribution >= 4 is 28.9 Å². The predicted molar refractivity (Wildman–Crippen MR) is 98.4 cm³/mol. The molecule has 0 aliphatic heterocycles. The van der Waals surface area contributed by atoms with Gasteiger partial charge < -0.3 is 15.2 Å². The molecular formula is C19H15Cl2NO2. The van der Waals surface area contributed by atoms with E-state index in [4.69, 9.17) is 27.9 Å². The molecule has 5 heteroatoms. The van der Waals surface area contributed by atoms with Crippen molar-refractivity contribution in [3.8, 4) is 17.2 Å². The second-order valence-electron chi connectivity index (χ2n) is 5.20. The molecule has 0 amide bonds. The molecule has 0 aliphatic rings. The van der Waals surface area contributed by atoms with Gasteiger partial charge in [-0.1, -0.05) is 41.4 Å². The van der Waals surface area contributed by atoms with Crippen LogP contribution >= 0.6 is 23.2 Å². The summed E-state index contributed by atoms with van der Waals surface area (Å²) in [5.41, 5.74) is 1.82. The number of phenols is 1. The van der Waals surface area contributed by atoms with E-state index in [-0.39, 0.29) is 15.8 Å². The SMILES string of the molecule is Oc1c(Cl)cc(CNc2ccc(Oc3ccccc3)cc2)cc1Cl. The van der Waals surface area contributed by atoms with Crippen LogP contribution in [0.3, 0.4) is 0 Å². The Kier molecular flexibility index (Phi) is 5.14. The van der Waals surface area contributed by atoms with Gasteiger partial charge in [-0.2, -0.15) is 0 Å². The fourth-order valence-corrected chi connectivity index (χ4v) is 2.72. The second-order valence-corrected chi connectivity index (χ2v) is 6.02. The van der Waals surface area contributed by atoms with Crippen LogP contribution in [0.4, 0.5) is 5.69 Å². The van der Waals surface area contributed by atoms with Gasteiger partial charge in [0.05, 0.1) is 10.0 Å². The molecule has 0 atom stereocenters. The van der Waals surface area contributed by atoms with Crippen molar-refractivity contribution in [2.75, 3.05) is 5.32 Å². The van der Waals surface area contributed by atoms with Crippen molar-refractivity contribution in [1.82, 2.24) is 0 Å². The number of rotatable bonds is 5. The van der Waals surface area contributed by atoms with E-state index in [0.29, 0.717) is 6.54 Å². The van der Waals surface area contributed by atoms with Gasteiger partial charge in [-0.3, -0.25) is 0 Å². The summed E-state index contributed by atoms with van der Waals surface area (Å²) in [4.78, 5) is 0. The second kappa shape index (κ2) is 7.47. The maximum Gasteiger partial charge on any atom is 0.152 e. The fraction of sp³-hybridized carbons (Fsp3) is 0.0526. The average Bonchev–Trinajstić information content (AvgIpc) is 2.60. The molecule has 0 saturated heterocycles. The Labute approximate surface area is 150 Å². The van der Waals surface area contributed by atoms with E-state index in [2.05, 4.69) is 5.32 Å². The lowest BCUT2D eigenvalue weighted by atomic mass is 10.2. The molecule has 122 valence electrons. The van der Waals surface area contributed by atoms with E-state index < -0.39 is 0 Å². The van der Waals surface area contributed by atoms with Crippen molar-refractivity contribution in [2.24, 2.45) is 0 Å². The Morgan fingerprint density at radius 3 is 2.04 bits per heavy atom. The van der Waals surface area contributed by atoms with Crippen LogP contribution in [0.25, 0.3) is 0 Å². The highest BCUT2D eigenvalue weighted by Crippen LogP contribution is 2.33. The standard InChI is InChI=1S/C19H15Cl2NO2/c20-17-10-13(11-18(21)19(17)23)12-22-14-6-8-16(9-7-14)24-15-4-2-1-3-5-15/h1-11,22-23H,12H2. The van der Waals surface area contributed by atoms with Crippen LogP contribution in [0.2, 0.25) is 10.0 Å². The Balaban J connectivity index is 1.62. The maximum atomic E-state index is 9.57. The smallest absolute Gasteiger partial charge is 0.152 e. The minimum absolute atomic E-state index is 0.0931. The molecule has 0 spiro atoms. The molecule has 0 radical (unpaired) electrons. The molecule has 0 bridgehead atoms. The molecule has 0 unspecified atom stereocenters. The molecule has 3 aromatic carbocycles. The quantitative estimate of drug-likeness (QED) is 0.577.